The number of anilines is 4. The number of aliphatic hydroxyl groups excluding tert-OH is 1. The van der Waals surface area contributed by atoms with Crippen molar-refractivity contribution in [2.24, 2.45) is 0 Å². The predicted octanol–water partition coefficient (Wildman–Crippen LogP) is 12.5. The number of rotatable bonds is 17. The van der Waals surface area contributed by atoms with E-state index >= 15 is 4.79 Å². The maximum absolute atomic E-state index is 15.2. The highest BCUT2D eigenvalue weighted by Gasteiger charge is 2.52. The number of carbonyl (C=O) groups is 4. The van der Waals surface area contributed by atoms with Crippen molar-refractivity contribution in [3.05, 3.63) is 107 Å². The first-order chi connectivity index (χ1) is 40.6. The number of fused-ring (bicyclic) bond motifs is 4. The molecule has 1 saturated heterocycles. The van der Waals surface area contributed by atoms with Gasteiger partial charge in [-0.05, 0) is 116 Å². The highest BCUT2D eigenvalue weighted by Crippen LogP contribution is 2.48. The lowest BCUT2D eigenvalue weighted by Crippen LogP contribution is -2.58. The molecule has 0 radical (unpaired) electrons. The third kappa shape index (κ3) is 14.5. The molecule has 464 valence electrons. The normalized spacial score (nSPS) is 20.1. The molecule has 0 saturated carbocycles. The van der Waals surface area contributed by atoms with Gasteiger partial charge in [-0.25, -0.2) is 19.4 Å². The molecule has 86 heavy (non-hydrogen) atoms. The molecule has 0 spiro atoms. The summed E-state index contributed by atoms with van der Waals surface area (Å²) in [7, 11) is 2.22. The van der Waals surface area contributed by atoms with Gasteiger partial charge in [-0.2, -0.15) is 0 Å². The van der Waals surface area contributed by atoms with Crippen LogP contribution in [0.4, 0.5) is 32.3 Å². The molecule has 4 aromatic rings. The Kier molecular flexibility index (Phi) is 19.8. The van der Waals surface area contributed by atoms with Crippen LogP contribution in [0, 0.1) is 0 Å². The van der Waals surface area contributed by atoms with Gasteiger partial charge < -0.3 is 63.3 Å². The summed E-state index contributed by atoms with van der Waals surface area (Å²) in [5, 5.41) is 11.7. The van der Waals surface area contributed by atoms with E-state index in [1.54, 1.807) is 41.4 Å². The van der Waals surface area contributed by atoms with E-state index in [1.807, 2.05) is 12.3 Å². The second-order valence-electron chi connectivity index (χ2n) is 23.3. The topological polar surface area (TPSA) is 199 Å². The van der Waals surface area contributed by atoms with Crippen LogP contribution in [0.5, 0.6) is 23.0 Å². The van der Waals surface area contributed by atoms with Crippen LogP contribution in [-0.4, -0.2) is 158 Å². The van der Waals surface area contributed by atoms with Crippen LogP contribution in [-0.2, 0) is 13.9 Å². The van der Waals surface area contributed by atoms with Crippen molar-refractivity contribution in [1.82, 2.24) is 14.7 Å². The zero-order valence-electron chi connectivity index (χ0n) is 49.1. The van der Waals surface area contributed by atoms with Crippen LogP contribution < -0.4 is 39.4 Å². The van der Waals surface area contributed by atoms with Crippen LogP contribution in [0.2, 0.25) is 18.1 Å². The fourth-order valence-corrected chi connectivity index (χ4v) is 12.3. The number of benzene rings is 4. The lowest BCUT2D eigenvalue weighted by Gasteiger charge is -2.44. The first kappa shape index (κ1) is 64.9. The number of hydrogen-bond acceptors (Lipinski definition) is 15. The van der Waals surface area contributed by atoms with Gasteiger partial charge in [0, 0.05) is 62.1 Å². The van der Waals surface area contributed by atoms with Crippen molar-refractivity contribution < 1.29 is 57.1 Å². The van der Waals surface area contributed by atoms with Gasteiger partial charge in [-0.1, -0.05) is 115 Å². The number of nitrogens with zero attached hydrogens (tertiary/aromatic N) is 6. The molecule has 4 atom stereocenters. The Hall–Kier alpha value is -5.52. The zero-order chi connectivity index (χ0) is 62.2. The quantitative estimate of drug-likeness (QED) is 0.0438. The number of piperazine rings is 1. The van der Waals surface area contributed by atoms with Crippen molar-refractivity contribution in [2.45, 2.75) is 103 Å². The number of methoxy groups -OCH3 is 2. The fourth-order valence-electron chi connectivity index (χ4n) is 10.7. The van der Waals surface area contributed by atoms with E-state index in [1.165, 1.54) is 36.2 Å². The Morgan fingerprint density at radius 3 is 1.66 bits per heavy atom. The Morgan fingerprint density at radius 1 is 0.651 bits per heavy atom. The van der Waals surface area contributed by atoms with Crippen LogP contribution >= 0.6 is 69.6 Å². The van der Waals surface area contributed by atoms with E-state index in [4.69, 9.17) is 108 Å². The van der Waals surface area contributed by atoms with Gasteiger partial charge in [-0.15, -0.1) is 0 Å². The molecule has 3 N–H and O–H groups in total. The smallest absolute Gasteiger partial charge is 0.416 e. The second kappa shape index (κ2) is 26.3. The lowest BCUT2D eigenvalue weighted by atomic mass is 10.0. The summed E-state index contributed by atoms with van der Waals surface area (Å²) >= 11 is 36.4. The minimum absolute atomic E-state index is 0.00692. The van der Waals surface area contributed by atoms with Crippen molar-refractivity contribution in [3.63, 3.8) is 0 Å². The van der Waals surface area contributed by atoms with Gasteiger partial charge in [0.1, 0.15) is 13.2 Å². The maximum atomic E-state index is 15.2. The summed E-state index contributed by atoms with van der Waals surface area (Å²) in [6.45, 7) is 13.3. The Morgan fingerprint density at radius 2 is 1.15 bits per heavy atom. The summed E-state index contributed by atoms with van der Waals surface area (Å²) in [6.07, 6.45) is 0.835. The Labute approximate surface area is 532 Å². The average molecular weight is 1320 g/mol. The van der Waals surface area contributed by atoms with Crippen LogP contribution in [0.25, 0.3) is 11.1 Å². The molecule has 4 aromatic carbocycles. The van der Waals surface area contributed by atoms with Crippen LogP contribution in [0.1, 0.15) is 84.7 Å². The first-order valence-electron chi connectivity index (χ1n) is 28.1. The monoisotopic (exact) mass is 1320 g/mol. The molecule has 1 fully saturated rings. The molecule has 5 aliphatic heterocycles. The molecule has 0 bridgehead atoms. The molecular weight excluding hydrogens is 1250 g/mol. The number of ether oxygens (including phenoxy) is 6. The van der Waals surface area contributed by atoms with E-state index in [0.717, 1.165) is 53.5 Å². The molecule has 0 aromatic heterocycles. The number of nitrogens with two attached hydrogens (primary N) is 1. The minimum atomic E-state index is -2.78. The Bertz CT molecular complexity index is 3260. The number of likely N-dealkylation sites (N-methyl/N-ethyl adjacent to an activating group) is 1. The Balaban J connectivity index is 0.946. The van der Waals surface area contributed by atoms with Crippen LogP contribution in [0.3, 0.4) is 0 Å². The van der Waals surface area contributed by atoms with Crippen molar-refractivity contribution in [1.29, 1.82) is 0 Å². The number of hydrogen-bond donors (Lipinski definition) is 2. The van der Waals surface area contributed by atoms with Gasteiger partial charge in [0.2, 0.25) is 7.59 Å². The standard InChI is InChI=1S/C60H71Cl6N7O12Si/c1-58(2,3)86(7,8)85-55-47-27-38(36-15-17-41(18-16-36)69-21-19-68(4)20-22-69)32-71(47)53(75)43-29-49(80-6)51(31-45(43)73(55)57(78)84-35-60(64,65)66)82-24-11-9-10-23-81-50-30-44-42(28-48(50)79-5)52(74)70-33-39(37-13-12-14-40(67)25-37)26-46(70)54(76)72(44)56(77)83-34-59(61,62)63/h12-18,25,28-33,46-47,54-55,76H,9-11,19-24,26-27,34-35,67H2,1-8H3/t46-,47-,54-,55-/m0/s1. The van der Waals surface area contributed by atoms with Crippen molar-refractivity contribution in [2.75, 3.05) is 94.3 Å². The zero-order valence-corrected chi connectivity index (χ0v) is 54.6. The number of carbonyl (C=O) groups excluding carboxylic acids is 4. The molecule has 5 aliphatic rings. The summed E-state index contributed by atoms with van der Waals surface area (Å²) in [6, 6.07) is 19.8. The van der Waals surface area contributed by atoms with Gasteiger partial charge in [0.25, 0.3) is 11.8 Å². The number of halogens is 6. The number of aliphatic hydroxyl groups is 1. The second-order valence-corrected chi connectivity index (χ2v) is 33.1. The van der Waals surface area contributed by atoms with E-state index in [2.05, 4.69) is 75.0 Å². The molecule has 26 heteroatoms. The fraction of sp³-hybridized carbons (Fsp3) is 0.467. The number of amides is 4. The van der Waals surface area contributed by atoms with Crippen molar-refractivity contribution in [3.8, 4) is 23.0 Å². The summed E-state index contributed by atoms with van der Waals surface area (Å²) in [4.78, 5) is 68.4. The first-order valence-corrected chi connectivity index (χ1v) is 33.3. The molecule has 5 heterocycles. The predicted molar refractivity (Wildman–Crippen MR) is 339 cm³/mol. The largest absolute Gasteiger partial charge is 0.493 e. The minimum Gasteiger partial charge on any atom is -0.493 e. The van der Waals surface area contributed by atoms with E-state index in [9.17, 15) is 19.5 Å². The molecule has 9 rings (SSSR count). The van der Waals surface area contributed by atoms with E-state index in [0.29, 0.717) is 36.9 Å². The van der Waals surface area contributed by atoms with E-state index in [-0.39, 0.29) is 70.2 Å². The van der Waals surface area contributed by atoms with Crippen LogP contribution in [0.15, 0.2) is 85.2 Å². The molecule has 0 unspecified atom stereocenters. The molecule has 4 amide bonds. The van der Waals surface area contributed by atoms with Gasteiger partial charge in [0.05, 0.1) is 62.0 Å². The molecule has 19 nitrogen and oxygen atoms in total. The number of alkyl halides is 6. The molecule has 0 aliphatic carbocycles. The highest BCUT2D eigenvalue weighted by atomic mass is 35.6. The van der Waals surface area contributed by atoms with Gasteiger partial charge in [0.15, 0.2) is 43.8 Å². The number of unbranched alkanes of at least 4 members (excludes halogenated alkanes) is 2. The highest BCUT2D eigenvalue weighted by molar-refractivity contribution is 6.74. The van der Waals surface area contributed by atoms with Gasteiger partial charge in [-0.3, -0.25) is 9.59 Å². The lowest BCUT2D eigenvalue weighted by molar-refractivity contribution is 0.0553. The third-order valence-electron chi connectivity index (χ3n) is 16.4. The SMILES string of the molecule is COc1cc2c(cc1OCCCCCOc1cc3c(cc1OC)C(=O)N1C=C(c4ccc(N5CCN(C)CC5)cc4)C[C@H]1[C@H](O[Si](C)(C)C(C)(C)C)N3C(=O)OCC(Cl)(Cl)Cl)N(C(=O)OCC(Cl)(Cl)Cl)[C@@H](O)[C@@H]1CC(c3cccc(N)c3)=CN1C2=O. The van der Waals surface area contributed by atoms with Gasteiger partial charge >= 0.3 is 12.2 Å². The third-order valence-corrected chi connectivity index (χ3v) is 21.5. The summed E-state index contributed by atoms with van der Waals surface area (Å²) < 4.78 is 38.8. The maximum Gasteiger partial charge on any atom is 0.416 e. The summed E-state index contributed by atoms with van der Waals surface area (Å²) in [5.41, 5.74) is 11.2. The molecular formula is C60H71Cl6N7O12Si. The summed E-state index contributed by atoms with van der Waals surface area (Å²) in [5.74, 6) is -0.109. The van der Waals surface area contributed by atoms with Crippen molar-refractivity contribution >= 4 is 136 Å². The van der Waals surface area contributed by atoms with E-state index < -0.39 is 77.7 Å². The average Bonchev–Trinajstić information content (AvgIpc) is 1.63. The number of nitrogen functional groups attached to an aromatic ring is 1.